The lowest BCUT2D eigenvalue weighted by Gasteiger charge is -2.24. The highest BCUT2D eigenvalue weighted by Gasteiger charge is 2.29. The Bertz CT molecular complexity index is 672. The molecule has 1 fully saturated rings. The normalized spacial score (nSPS) is 24.2. The van der Waals surface area contributed by atoms with Gasteiger partial charge in [-0.3, -0.25) is 4.79 Å². The number of aryl methyl sites for hydroxylation is 1. The largest absolute Gasteiger partial charge is 0.445 e. The van der Waals surface area contributed by atoms with E-state index in [1.54, 1.807) is 6.20 Å². The lowest BCUT2D eigenvalue weighted by molar-refractivity contribution is 0.0847. The number of carbonyl (C=O) groups is 1. The minimum atomic E-state index is -0.187. The van der Waals surface area contributed by atoms with Crippen molar-refractivity contribution in [1.82, 2.24) is 19.9 Å². The number of amides is 1. The van der Waals surface area contributed by atoms with Crippen LogP contribution in [0.3, 0.4) is 0 Å². The molecule has 0 saturated carbocycles. The van der Waals surface area contributed by atoms with Gasteiger partial charge in [-0.05, 0) is 19.3 Å². The van der Waals surface area contributed by atoms with E-state index in [1.807, 2.05) is 6.20 Å². The highest BCUT2D eigenvalue weighted by molar-refractivity contribution is 5.93. The Morgan fingerprint density at radius 2 is 2.32 bits per heavy atom. The Hall–Kier alpha value is -2.15. The molecule has 0 spiro atoms. The first-order valence-corrected chi connectivity index (χ1v) is 7.67. The standard InChI is InChI=1S/C15H18N4O3/c20-15(13-14(22-9-17-13)11-2-1-7-21-11)18-10-3-4-12-16-5-6-19(12)8-10/h5-6,9-11H,1-4,7-8H2,(H,18,20)/t10-,11+/m1/s1. The van der Waals surface area contributed by atoms with Gasteiger partial charge in [-0.2, -0.15) is 0 Å². The first-order chi connectivity index (χ1) is 10.8. The molecule has 2 aromatic rings. The van der Waals surface area contributed by atoms with Crippen molar-refractivity contribution in [3.63, 3.8) is 0 Å². The Balaban J connectivity index is 1.46. The predicted octanol–water partition coefficient (Wildman–Crippen LogP) is 1.47. The van der Waals surface area contributed by atoms with Crippen LogP contribution in [0.5, 0.6) is 0 Å². The van der Waals surface area contributed by atoms with Crippen LogP contribution in [0.2, 0.25) is 0 Å². The molecule has 1 amide bonds. The third-order valence-corrected chi connectivity index (χ3v) is 4.30. The highest BCUT2D eigenvalue weighted by atomic mass is 16.5. The molecule has 0 bridgehead atoms. The summed E-state index contributed by atoms with van der Waals surface area (Å²) in [7, 11) is 0. The molecule has 4 heterocycles. The van der Waals surface area contributed by atoms with Crippen LogP contribution in [-0.4, -0.2) is 33.1 Å². The molecule has 1 saturated heterocycles. The molecular formula is C15H18N4O3. The van der Waals surface area contributed by atoms with Gasteiger partial charge in [0.25, 0.3) is 5.91 Å². The molecule has 22 heavy (non-hydrogen) atoms. The van der Waals surface area contributed by atoms with Crippen molar-refractivity contribution < 1.29 is 13.9 Å². The molecule has 0 aliphatic carbocycles. The van der Waals surface area contributed by atoms with E-state index in [-0.39, 0.29) is 18.1 Å². The third kappa shape index (κ3) is 2.41. The summed E-state index contributed by atoms with van der Waals surface area (Å²) in [5.41, 5.74) is 0.350. The topological polar surface area (TPSA) is 82.2 Å². The average molecular weight is 302 g/mol. The van der Waals surface area contributed by atoms with E-state index < -0.39 is 0 Å². The van der Waals surface area contributed by atoms with Crippen molar-refractivity contribution in [2.24, 2.45) is 0 Å². The second kappa shape index (κ2) is 5.57. The molecule has 0 aromatic carbocycles. The van der Waals surface area contributed by atoms with Gasteiger partial charge < -0.3 is 19.0 Å². The van der Waals surface area contributed by atoms with Crippen LogP contribution in [-0.2, 0) is 17.7 Å². The summed E-state index contributed by atoms with van der Waals surface area (Å²) in [5.74, 6) is 1.44. The zero-order chi connectivity index (χ0) is 14.9. The zero-order valence-electron chi connectivity index (χ0n) is 12.2. The van der Waals surface area contributed by atoms with Crippen LogP contribution in [0.15, 0.2) is 23.2 Å². The van der Waals surface area contributed by atoms with E-state index in [0.717, 1.165) is 38.1 Å². The van der Waals surface area contributed by atoms with Crippen molar-refractivity contribution in [3.8, 4) is 0 Å². The SMILES string of the molecule is O=C(N[C@@H]1CCc2nccn2C1)c1ncoc1[C@@H]1CCCO1. The molecule has 2 aliphatic rings. The Labute approximate surface area is 127 Å². The monoisotopic (exact) mass is 302 g/mol. The number of rotatable bonds is 3. The molecule has 116 valence electrons. The zero-order valence-corrected chi connectivity index (χ0v) is 12.2. The fourth-order valence-electron chi connectivity index (χ4n) is 3.18. The maximum absolute atomic E-state index is 12.5. The first kappa shape index (κ1) is 13.5. The summed E-state index contributed by atoms with van der Waals surface area (Å²) in [6.07, 6.45) is 8.53. The number of hydrogen-bond acceptors (Lipinski definition) is 5. The van der Waals surface area contributed by atoms with E-state index in [0.29, 0.717) is 18.1 Å². The maximum Gasteiger partial charge on any atom is 0.273 e. The van der Waals surface area contributed by atoms with Gasteiger partial charge in [0.15, 0.2) is 17.8 Å². The van der Waals surface area contributed by atoms with E-state index in [2.05, 4.69) is 19.9 Å². The highest BCUT2D eigenvalue weighted by Crippen LogP contribution is 2.30. The van der Waals surface area contributed by atoms with E-state index in [9.17, 15) is 4.79 Å². The summed E-state index contributed by atoms with van der Waals surface area (Å²) in [4.78, 5) is 20.9. The summed E-state index contributed by atoms with van der Waals surface area (Å²) in [6.45, 7) is 1.45. The second-order valence-electron chi connectivity index (χ2n) is 5.77. The smallest absolute Gasteiger partial charge is 0.273 e. The Morgan fingerprint density at radius 3 is 3.18 bits per heavy atom. The van der Waals surface area contributed by atoms with Gasteiger partial charge in [0.05, 0.1) is 0 Å². The molecule has 0 unspecified atom stereocenters. The molecule has 1 N–H and O–H groups in total. The molecule has 7 nitrogen and oxygen atoms in total. The predicted molar refractivity (Wildman–Crippen MR) is 76.2 cm³/mol. The van der Waals surface area contributed by atoms with Crippen LogP contribution < -0.4 is 5.32 Å². The van der Waals surface area contributed by atoms with Crippen LogP contribution in [0, 0.1) is 0 Å². The number of fused-ring (bicyclic) bond motifs is 1. The van der Waals surface area contributed by atoms with Gasteiger partial charge in [0.2, 0.25) is 0 Å². The Morgan fingerprint density at radius 1 is 1.36 bits per heavy atom. The summed E-state index contributed by atoms with van der Waals surface area (Å²) >= 11 is 0. The first-order valence-electron chi connectivity index (χ1n) is 7.67. The Kier molecular flexibility index (Phi) is 3.42. The number of oxazole rings is 1. The number of aromatic nitrogens is 3. The lowest BCUT2D eigenvalue weighted by Crippen LogP contribution is -2.41. The van der Waals surface area contributed by atoms with Crippen molar-refractivity contribution in [3.05, 3.63) is 36.1 Å². The van der Waals surface area contributed by atoms with Crippen LogP contribution in [0.25, 0.3) is 0 Å². The quantitative estimate of drug-likeness (QED) is 0.928. The molecule has 2 aromatic heterocycles. The fourth-order valence-corrected chi connectivity index (χ4v) is 3.18. The van der Waals surface area contributed by atoms with Gasteiger partial charge in [0.1, 0.15) is 11.9 Å². The average Bonchev–Trinajstić information content (AvgIpc) is 3.26. The van der Waals surface area contributed by atoms with Gasteiger partial charge >= 0.3 is 0 Å². The minimum Gasteiger partial charge on any atom is -0.445 e. The van der Waals surface area contributed by atoms with Gasteiger partial charge in [-0.15, -0.1) is 0 Å². The fraction of sp³-hybridized carbons (Fsp3) is 0.533. The summed E-state index contributed by atoms with van der Waals surface area (Å²) < 4.78 is 13.1. The van der Waals surface area contributed by atoms with Crippen LogP contribution in [0.1, 0.15) is 47.4 Å². The van der Waals surface area contributed by atoms with E-state index >= 15 is 0 Å². The second-order valence-corrected chi connectivity index (χ2v) is 5.77. The van der Waals surface area contributed by atoms with E-state index in [4.69, 9.17) is 9.15 Å². The van der Waals surface area contributed by atoms with E-state index in [1.165, 1.54) is 6.39 Å². The number of hydrogen-bond donors (Lipinski definition) is 1. The van der Waals surface area contributed by atoms with Gasteiger partial charge in [-0.25, -0.2) is 9.97 Å². The number of carbonyl (C=O) groups excluding carboxylic acids is 1. The van der Waals surface area contributed by atoms with Crippen LogP contribution >= 0.6 is 0 Å². The third-order valence-electron chi connectivity index (χ3n) is 4.30. The number of nitrogens with zero attached hydrogens (tertiary/aromatic N) is 3. The molecule has 2 atom stereocenters. The van der Waals surface area contributed by atoms with Crippen molar-refractivity contribution in [2.45, 2.75) is 44.4 Å². The van der Waals surface area contributed by atoms with Crippen LogP contribution in [0.4, 0.5) is 0 Å². The van der Waals surface area contributed by atoms with Gasteiger partial charge in [0, 0.05) is 38.0 Å². The van der Waals surface area contributed by atoms with Gasteiger partial charge in [-0.1, -0.05) is 0 Å². The number of imidazole rings is 1. The maximum atomic E-state index is 12.5. The minimum absolute atomic E-state index is 0.0863. The molecule has 2 aliphatic heterocycles. The number of nitrogens with one attached hydrogen (secondary N) is 1. The van der Waals surface area contributed by atoms with Crippen molar-refractivity contribution in [2.75, 3.05) is 6.61 Å². The van der Waals surface area contributed by atoms with Crippen molar-refractivity contribution >= 4 is 5.91 Å². The molecule has 4 rings (SSSR count). The van der Waals surface area contributed by atoms with Crippen molar-refractivity contribution in [1.29, 1.82) is 0 Å². The molecular weight excluding hydrogens is 284 g/mol. The summed E-state index contributed by atoms with van der Waals surface area (Å²) in [5, 5.41) is 3.05. The lowest BCUT2D eigenvalue weighted by atomic mass is 10.1. The number of ether oxygens (including phenoxy) is 1. The molecule has 0 radical (unpaired) electrons. The summed E-state index contributed by atoms with van der Waals surface area (Å²) in [6, 6.07) is 0.0863. The molecule has 7 heteroatoms.